The van der Waals surface area contributed by atoms with Gasteiger partial charge >= 0.3 is 0 Å². The van der Waals surface area contributed by atoms with Crippen LogP contribution >= 0.6 is 0 Å². The van der Waals surface area contributed by atoms with Gasteiger partial charge in [-0.1, -0.05) is 19.1 Å². The summed E-state index contributed by atoms with van der Waals surface area (Å²) < 4.78 is 0. The van der Waals surface area contributed by atoms with Gasteiger partial charge in [-0.2, -0.15) is 0 Å². The molecule has 0 radical (unpaired) electrons. The minimum absolute atomic E-state index is 0.120. The molecular weight excluding hydrogens is 380 g/mol. The van der Waals surface area contributed by atoms with Crippen LogP contribution in [0.15, 0.2) is 23.9 Å². The van der Waals surface area contributed by atoms with Gasteiger partial charge in [0.25, 0.3) is 0 Å². The monoisotopic (exact) mass is 428 g/mol. The van der Waals surface area contributed by atoms with Crippen LogP contribution in [0.2, 0.25) is 0 Å². The lowest BCUT2D eigenvalue weighted by Crippen LogP contribution is -2.54. The molecule has 31 heavy (non-hydrogen) atoms. The molecule has 4 nitrogen and oxygen atoms in total. The fourth-order valence-corrected chi connectivity index (χ4v) is 6.72. The number of fused-ring (bicyclic) bond motifs is 1. The van der Waals surface area contributed by atoms with Crippen LogP contribution in [0.25, 0.3) is 0 Å². The summed E-state index contributed by atoms with van der Waals surface area (Å²) in [5.74, 6) is 1.31. The molecule has 0 aromatic heterocycles. The van der Waals surface area contributed by atoms with E-state index in [-0.39, 0.29) is 11.1 Å². The van der Waals surface area contributed by atoms with Crippen molar-refractivity contribution in [1.29, 1.82) is 0 Å². The highest BCUT2D eigenvalue weighted by molar-refractivity contribution is 5.28. The Hall–Kier alpha value is -0.840. The third-order valence-corrected chi connectivity index (χ3v) is 8.36. The average molecular weight is 429 g/mol. The molecule has 4 heteroatoms. The number of nitrogens with zero attached hydrogens (tertiary/aromatic N) is 3. The highest BCUT2D eigenvalue weighted by Gasteiger charge is 2.44. The van der Waals surface area contributed by atoms with Gasteiger partial charge in [0.15, 0.2) is 0 Å². The lowest BCUT2D eigenvalue weighted by atomic mass is 9.80. The molecule has 4 aliphatic rings. The van der Waals surface area contributed by atoms with Crippen LogP contribution in [0.5, 0.6) is 0 Å². The summed E-state index contributed by atoms with van der Waals surface area (Å²) in [6.07, 6.45) is 14.2. The first-order valence-corrected chi connectivity index (χ1v) is 13.1. The van der Waals surface area contributed by atoms with Crippen LogP contribution < -0.4 is 5.32 Å². The summed E-state index contributed by atoms with van der Waals surface area (Å²) in [4.78, 5) is 8.34. The van der Waals surface area contributed by atoms with Gasteiger partial charge in [0.05, 0.1) is 0 Å². The van der Waals surface area contributed by atoms with E-state index in [1.165, 1.54) is 70.5 Å². The van der Waals surface area contributed by atoms with Crippen LogP contribution in [-0.2, 0) is 0 Å². The number of nitrogens with one attached hydrogen (secondary N) is 1. The molecule has 3 heterocycles. The van der Waals surface area contributed by atoms with Crippen molar-refractivity contribution in [2.75, 3.05) is 39.3 Å². The summed E-state index contributed by atoms with van der Waals surface area (Å²) in [5, 5.41) is 3.69. The zero-order valence-electron chi connectivity index (χ0n) is 21.2. The van der Waals surface area contributed by atoms with E-state index < -0.39 is 0 Å². The van der Waals surface area contributed by atoms with Crippen molar-refractivity contribution in [2.45, 2.75) is 96.8 Å². The zero-order chi connectivity index (χ0) is 22.2. The van der Waals surface area contributed by atoms with Gasteiger partial charge in [0.2, 0.25) is 0 Å². The lowest BCUT2D eigenvalue weighted by Gasteiger charge is -2.47. The van der Waals surface area contributed by atoms with Gasteiger partial charge in [-0.3, -0.25) is 9.80 Å². The zero-order valence-corrected chi connectivity index (χ0v) is 21.2. The van der Waals surface area contributed by atoms with Gasteiger partial charge in [-0.15, -0.1) is 0 Å². The van der Waals surface area contributed by atoms with E-state index in [1.54, 1.807) is 0 Å². The van der Waals surface area contributed by atoms with Crippen LogP contribution in [0.4, 0.5) is 0 Å². The second kappa shape index (κ2) is 9.19. The molecule has 3 unspecified atom stereocenters. The van der Waals surface area contributed by atoms with E-state index in [4.69, 9.17) is 0 Å². The van der Waals surface area contributed by atoms with Gasteiger partial charge < -0.3 is 10.2 Å². The number of hydrogen-bond donors (Lipinski definition) is 1. The first-order chi connectivity index (χ1) is 14.7. The predicted molar refractivity (Wildman–Crippen MR) is 132 cm³/mol. The number of piperidine rings is 1. The molecular formula is C27H48N4. The molecule has 3 fully saturated rings. The predicted octanol–water partition coefficient (Wildman–Crippen LogP) is 4.49. The summed E-state index contributed by atoms with van der Waals surface area (Å²) in [6, 6.07) is 1.50. The Morgan fingerprint density at radius 3 is 2.29 bits per heavy atom. The molecule has 0 spiro atoms. The molecule has 0 amide bonds. The Labute approximate surface area is 192 Å². The summed E-state index contributed by atoms with van der Waals surface area (Å²) in [6.45, 7) is 21.7. The molecule has 1 N–H and O–H groups in total. The Balaban J connectivity index is 1.38. The van der Waals surface area contributed by atoms with E-state index >= 15 is 0 Å². The first kappa shape index (κ1) is 23.3. The fourth-order valence-electron chi connectivity index (χ4n) is 6.72. The number of hydrogen-bond acceptors (Lipinski definition) is 4. The highest BCUT2D eigenvalue weighted by Crippen LogP contribution is 2.40. The molecule has 0 saturated carbocycles. The third kappa shape index (κ3) is 5.39. The number of allylic oxidation sites excluding steroid dienone is 1. The fraction of sp³-hybridized carbons (Fsp3) is 0.852. The molecule has 3 aliphatic heterocycles. The molecule has 0 bridgehead atoms. The quantitative estimate of drug-likeness (QED) is 0.673. The van der Waals surface area contributed by atoms with Gasteiger partial charge in [0.1, 0.15) is 0 Å². The standard InChI is InChI=1S/C27H48N4/c1-7-29-20-21-18-22(28-26(2,3)4)10-11-24(21)25(29)19-27(5,6)31-16-12-23(13-17-31)30-14-8-9-15-30/h10-11,18,21,23-25,28H,7-9,12-17,19-20H2,1-6H3. The van der Waals surface area contributed by atoms with Crippen molar-refractivity contribution in [3.8, 4) is 0 Å². The maximum absolute atomic E-state index is 3.69. The average Bonchev–Trinajstić information content (AvgIpc) is 3.35. The maximum Gasteiger partial charge on any atom is 0.0304 e. The Morgan fingerprint density at radius 2 is 1.68 bits per heavy atom. The highest BCUT2D eigenvalue weighted by atomic mass is 15.3. The van der Waals surface area contributed by atoms with Crippen LogP contribution in [-0.4, -0.2) is 77.1 Å². The van der Waals surface area contributed by atoms with Crippen molar-refractivity contribution < 1.29 is 0 Å². The molecule has 0 aromatic rings. The summed E-state index contributed by atoms with van der Waals surface area (Å²) in [5.41, 5.74) is 1.70. The Kier molecular flexibility index (Phi) is 6.91. The molecule has 1 aliphatic carbocycles. The van der Waals surface area contributed by atoms with Crippen molar-refractivity contribution in [3.63, 3.8) is 0 Å². The van der Waals surface area contributed by atoms with Crippen LogP contribution in [0.1, 0.15) is 73.6 Å². The second-order valence-electron chi connectivity index (χ2n) is 12.2. The van der Waals surface area contributed by atoms with E-state index in [2.05, 4.69) is 79.8 Å². The minimum Gasteiger partial charge on any atom is -0.381 e. The normalized spacial score (nSPS) is 31.8. The largest absolute Gasteiger partial charge is 0.381 e. The second-order valence-corrected chi connectivity index (χ2v) is 12.2. The SMILES string of the molecule is CCN1CC2C=C(NC(C)(C)C)C=CC2C1CC(C)(C)N1CCC(N2CCCC2)CC1. The van der Waals surface area contributed by atoms with E-state index in [1.807, 2.05) is 0 Å². The van der Waals surface area contributed by atoms with Crippen LogP contribution in [0, 0.1) is 11.8 Å². The van der Waals surface area contributed by atoms with Crippen molar-refractivity contribution in [3.05, 3.63) is 23.9 Å². The minimum atomic E-state index is 0.120. The topological polar surface area (TPSA) is 21.8 Å². The first-order valence-electron chi connectivity index (χ1n) is 13.1. The number of likely N-dealkylation sites (tertiary alicyclic amines) is 3. The number of rotatable bonds is 6. The van der Waals surface area contributed by atoms with Gasteiger partial charge in [-0.25, -0.2) is 0 Å². The summed E-state index contributed by atoms with van der Waals surface area (Å²) in [7, 11) is 0. The molecule has 0 aromatic carbocycles. The van der Waals surface area contributed by atoms with Gasteiger partial charge in [-0.05, 0) is 98.4 Å². The Morgan fingerprint density at radius 1 is 1.00 bits per heavy atom. The molecule has 176 valence electrons. The maximum atomic E-state index is 3.69. The van der Waals surface area contributed by atoms with Crippen molar-refractivity contribution in [1.82, 2.24) is 20.0 Å². The molecule has 3 atom stereocenters. The van der Waals surface area contributed by atoms with Gasteiger partial charge in [0, 0.05) is 54.4 Å². The smallest absolute Gasteiger partial charge is 0.0304 e. The van der Waals surface area contributed by atoms with E-state index in [0.29, 0.717) is 17.9 Å². The lowest BCUT2D eigenvalue weighted by molar-refractivity contribution is 0.0329. The Bertz CT molecular complexity index is 659. The molecule has 4 rings (SSSR count). The van der Waals surface area contributed by atoms with Crippen molar-refractivity contribution in [2.24, 2.45) is 11.8 Å². The van der Waals surface area contributed by atoms with Crippen LogP contribution in [0.3, 0.4) is 0 Å². The molecule has 3 saturated heterocycles. The summed E-state index contributed by atoms with van der Waals surface area (Å²) >= 11 is 0. The van der Waals surface area contributed by atoms with E-state index in [9.17, 15) is 0 Å². The van der Waals surface area contributed by atoms with E-state index in [0.717, 1.165) is 12.6 Å². The third-order valence-electron chi connectivity index (χ3n) is 8.36. The van der Waals surface area contributed by atoms with Crippen molar-refractivity contribution >= 4 is 0 Å².